The quantitative estimate of drug-likeness (QED) is 0.399. The Morgan fingerprint density at radius 1 is 1.07 bits per heavy atom. The number of H-pyrrole nitrogens is 1. The van der Waals surface area contributed by atoms with E-state index in [9.17, 15) is 4.79 Å². The van der Waals surface area contributed by atoms with Crippen molar-refractivity contribution in [3.8, 4) is 5.69 Å². The van der Waals surface area contributed by atoms with Gasteiger partial charge in [0.1, 0.15) is 0 Å². The molecule has 134 valence electrons. The van der Waals surface area contributed by atoms with Crippen molar-refractivity contribution in [2.75, 3.05) is 5.43 Å². The van der Waals surface area contributed by atoms with Crippen LogP contribution in [0.2, 0.25) is 5.02 Å². The van der Waals surface area contributed by atoms with Crippen LogP contribution in [0.25, 0.3) is 16.5 Å². The fraction of sp³-hybridized carbons (Fsp3) is 0.0476. The van der Waals surface area contributed by atoms with Crippen molar-refractivity contribution >= 4 is 34.3 Å². The normalized spacial score (nSPS) is 11.3. The maximum atomic E-state index is 12.7. The van der Waals surface area contributed by atoms with Gasteiger partial charge in [-0.2, -0.15) is 5.10 Å². The van der Waals surface area contributed by atoms with Crippen molar-refractivity contribution in [3.63, 3.8) is 0 Å². The summed E-state index contributed by atoms with van der Waals surface area (Å²) in [7, 11) is 0. The first kappa shape index (κ1) is 17.1. The number of hydrazone groups is 1. The molecule has 6 heteroatoms. The molecule has 0 fully saturated rings. The number of benzene rings is 3. The summed E-state index contributed by atoms with van der Waals surface area (Å²) in [5, 5.41) is 10.1. The second-order valence-corrected chi connectivity index (χ2v) is 6.60. The lowest BCUT2D eigenvalue weighted by atomic mass is 10.1. The number of anilines is 1. The third kappa shape index (κ3) is 3.37. The number of rotatable bonds is 4. The zero-order chi connectivity index (χ0) is 18.8. The van der Waals surface area contributed by atoms with Crippen LogP contribution in [0.4, 0.5) is 5.69 Å². The number of aromatic nitrogens is 2. The minimum atomic E-state index is -0.182. The first-order valence-corrected chi connectivity index (χ1v) is 8.86. The number of aromatic amines is 1. The highest BCUT2D eigenvalue weighted by Crippen LogP contribution is 2.22. The van der Waals surface area contributed by atoms with Crippen molar-refractivity contribution in [1.82, 2.24) is 9.78 Å². The van der Waals surface area contributed by atoms with Crippen LogP contribution in [0.3, 0.4) is 0 Å². The molecule has 27 heavy (non-hydrogen) atoms. The smallest absolute Gasteiger partial charge is 0.280 e. The number of nitrogens with zero attached hydrogens (tertiary/aromatic N) is 2. The van der Waals surface area contributed by atoms with E-state index in [4.69, 9.17) is 11.6 Å². The van der Waals surface area contributed by atoms with Crippen LogP contribution < -0.4 is 11.0 Å². The summed E-state index contributed by atoms with van der Waals surface area (Å²) in [5.41, 5.74) is 5.63. The third-order valence-corrected chi connectivity index (χ3v) is 4.59. The Morgan fingerprint density at radius 2 is 1.85 bits per heavy atom. The largest absolute Gasteiger partial charge is 0.295 e. The Morgan fingerprint density at radius 3 is 2.70 bits per heavy atom. The Labute approximate surface area is 160 Å². The molecule has 0 bridgehead atoms. The average molecular weight is 377 g/mol. The first-order valence-electron chi connectivity index (χ1n) is 8.48. The van der Waals surface area contributed by atoms with Gasteiger partial charge in [0.15, 0.2) is 0 Å². The summed E-state index contributed by atoms with van der Waals surface area (Å²) < 4.78 is 1.46. The molecule has 0 spiro atoms. The number of aryl methyl sites for hydroxylation is 1. The van der Waals surface area contributed by atoms with Gasteiger partial charge in [-0.15, -0.1) is 0 Å². The highest BCUT2D eigenvalue weighted by Gasteiger charge is 2.11. The monoisotopic (exact) mass is 376 g/mol. The molecular weight excluding hydrogens is 360 g/mol. The van der Waals surface area contributed by atoms with Crippen LogP contribution >= 0.6 is 11.6 Å². The highest BCUT2D eigenvalue weighted by molar-refractivity contribution is 6.30. The van der Waals surface area contributed by atoms with Gasteiger partial charge < -0.3 is 0 Å². The molecule has 0 amide bonds. The van der Waals surface area contributed by atoms with E-state index >= 15 is 0 Å². The molecule has 0 unspecified atom stereocenters. The van der Waals surface area contributed by atoms with Crippen LogP contribution in [0.15, 0.2) is 76.6 Å². The number of hydrogen-bond donors (Lipinski definition) is 2. The van der Waals surface area contributed by atoms with Crippen molar-refractivity contribution in [3.05, 3.63) is 93.4 Å². The van der Waals surface area contributed by atoms with E-state index in [1.807, 2.05) is 55.5 Å². The first-order chi connectivity index (χ1) is 13.1. The summed E-state index contributed by atoms with van der Waals surface area (Å²) in [6.45, 7) is 1.84. The number of nitrogens with one attached hydrogen (secondary N) is 2. The standard InChI is InChI=1S/C21H17ClN4O/c1-14-19(21(27)26(25-14)17-9-5-8-16(22)12-17)13-23-24-20-11-4-7-15-6-2-3-10-18(15)20/h2-13,24-25H,1H3/b23-13-. The Balaban J connectivity index is 1.64. The maximum Gasteiger partial charge on any atom is 0.280 e. The van der Waals surface area contributed by atoms with Gasteiger partial charge in [-0.05, 0) is 36.6 Å². The lowest BCUT2D eigenvalue weighted by Gasteiger charge is -2.04. The van der Waals surface area contributed by atoms with Crippen LogP contribution in [0.1, 0.15) is 11.3 Å². The molecule has 0 aliphatic rings. The van der Waals surface area contributed by atoms with Gasteiger partial charge in [0, 0.05) is 16.1 Å². The SMILES string of the molecule is Cc1[nH]n(-c2cccc(Cl)c2)c(=O)c1/C=N\Nc1cccc2ccccc12. The number of fused-ring (bicyclic) bond motifs is 1. The molecule has 3 aromatic carbocycles. The zero-order valence-electron chi connectivity index (χ0n) is 14.6. The molecule has 1 aromatic heterocycles. The Bertz CT molecular complexity index is 1200. The lowest BCUT2D eigenvalue weighted by Crippen LogP contribution is -2.17. The minimum absolute atomic E-state index is 0.182. The van der Waals surface area contributed by atoms with Crippen molar-refractivity contribution < 1.29 is 0 Å². The second-order valence-electron chi connectivity index (χ2n) is 6.17. The molecule has 2 N–H and O–H groups in total. The molecule has 0 radical (unpaired) electrons. The van der Waals surface area contributed by atoms with E-state index in [-0.39, 0.29) is 5.56 Å². The summed E-state index contributed by atoms with van der Waals surface area (Å²) in [4.78, 5) is 12.7. The second kappa shape index (κ2) is 7.13. The average Bonchev–Trinajstić information content (AvgIpc) is 2.96. The lowest BCUT2D eigenvalue weighted by molar-refractivity contribution is 0.835. The van der Waals surface area contributed by atoms with E-state index < -0.39 is 0 Å². The fourth-order valence-corrected chi connectivity index (χ4v) is 3.18. The number of halogens is 1. The summed E-state index contributed by atoms with van der Waals surface area (Å²) in [6.07, 6.45) is 1.54. The maximum absolute atomic E-state index is 12.7. The zero-order valence-corrected chi connectivity index (χ0v) is 15.4. The fourth-order valence-electron chi connectivity index (χ4n) is 3.00. The molecule has 4 rings (SSSR count). The van der Waals surface area contributed by atoms with Gasteiger partial charge in [0.25, 0.3) is 5.56 Å². The van der Waals surface area contributed by atoms with Crippen molar-refractivity contribution in [2.24, 2.45) is 5.10 Å². The van der Waals surface area contributed by atoms with Crippen LogP contribution in [-0.4, -0.2) is 16.0 Å². The number of hydrogen-bond acceptors (Lipinski definition) is 3. The molecule has 0 saturated carbocycles. The van der Waals surface area contributed by atoms with Gasteiger partial charge in [0.2, 0.25) is 0 Å². The predicted molar refractivity (Wildman–Crippen MR) is 111 cm³/mol. The van der Waals surface area contributed by atoms with Gasteiger partial charge >= 0.3 is 0 Å². The van der Waals surface area contributed by atoms with E-state index in [0.717, 1.165) is 22.2 Å². The van der Waals surface area contributed by atoms with E-state index in [1.54, 1.807) is 18.2 Å². The summed E-state index contributed by atoms with van der Waals surface area (Å²) in [5.74, 6) is 0. The summed E-state index contributed by atoms with van der Waals surface area (Å²) >= 11 is 6.03. The molecule has 0 aliphatic heterocycles. The topological polar surface area (TPSA) is 62.2 Å². The van der Waals surface area contributed by atoms with Gasteiger partial charge in [-0.25, -0.2) is 4.68 Å². The van der Waals surface area contributed by atoms with Crippen LogP contribution in [-0.2, 0) is 0 Å². The molecule has 0 atom stereocenters. The van der Waals surface area contributed by atoms with Gasteiger partial charge in [-0.3, -0.25) is 15.3 Å². The predicted octanol–water partition coefficient (Wildman–Crippen LogP) is 4.73. The van der Waals surface area contributed by atoms with Crippen molar-refractivity contribution in [1.29, 1.82) is 0 Å². The van der Waals surface area contributed by atoms with Crippen LogP contribution in [0, 0.1) is 6.92 Å². The highest BCUT2D eigenvalue weighted by atomic mass is 35.5. The molecular formula is C21H17ClN4O. The van der Waals surface area contributed by atoms with Gasteiger partial charge in [-0.1, -0.05) is 54.1 Å². The third-order valence-electron chi connectivity index (χ3n) is 4.35. The van der Waals surface area contributed by atoms with Gasteiger partial charge in [0.05, 0.1) is 23.2 Å². The Kier molecular flexibility index (Phi) is 4.52. The van der Waals surface area contributed by atoms with Crippen molar-refractivity contribution in [2.45, 2.75) is 6.92 Å². The molecule has 0 saturated heterocycles. The van der Waals surface area contributed by atoms with E-state index in [2.05, 4.69) is 15.6 Å². The minimum Gasteiger partial charge on any atom is -0.295 e. The summed E-state index contributed by atoms with van der Waals surface area (Å²) in [6, 6.07) is 21.1. The van der Waals surface area contributed by atoms with E-state index in [0.29, 0.717) is 16.3 Å². The Hall–Kier alpha value is -3.31. The van der Waals surface area contributed by atoms with Crippen LogP contribution in [0.5, 0.6) is 0 Å². The molecule has 5 nitrogen and oxygen atoms in total. The molecule has 1 heterocycles. The van der Waals surface area contributed by atoms with E-state index in [1.165, 1.54) is 10.9 Å². The molecule has 4 aromatic rings. The molecule has 0 aliphatic carbocycles.